The number of rotatable bonds is 8. The Labute approximate surface area is 208 Å². The number of anilines is 3. The number of nitrogens with one attached hydrogen (secondary N) is 2. The molecule has 1 amide bonds. The van der Waals surface area contributed by atoms with Crippen molar-refractivity contribution in [2.24, 2.45) is 7.05 Å². The minimum absolute atomic E-state index is 0.212. The molecule has 1 fully saturated rings. The Bertz CT molecular complexity index is 1540. The lowest BCUT2D eigenvalue weighted by Gasteiger charge is -2.16. The standard InChI is InChI=1S/C26H27N9O/c1-33-20-11-6-5-10-19(20)29-26(33)32-25-30-23(27-16-18-8-3-2-4-9-18)22-24(31-25)35(17-28-22)15-14-34-13-7-12-21(34)36/h2-6,8-11,17H,7,12-16H2,1H3,(H2,27,29,30,31,32). The SMILES string of the molecule is Cn1c(Nc2nc(NCc3ccccc3)c3ncn(CCN4CCCC4=O)c3n2)nc2ccccc21. The van der Waals surface area contributed by atoms with Crippen LogP contribution in [0.25, 0.3) is 22.2 Å². The van der Waals surface area contributed by atoms with Gasteiger partial charge < -0.3 is 19.4 Å². The molecule has 0 bridgehead atoms. The second kappa shape index (κ2) is 9.29. The average molecular weight is 482 g/mol. The molecule has 1 saturated heterocycles. The summed E-state index contributed by atoms with van der Waals surface area (Å²) in [6.45, 7) is 2.66. The molecule has 5 aromatic rings. The molecular formula is C26H27N9O. The Morgan fingerprint density at radius 1 is 0.972 bits per heavy atom. The summed E-state index contributed by atoms with van der Waals surface area (Å²) in [6, 6.07) is 18.1. The monoisotopic (exact) mass is 481 g/mol. The summed E-state index contributed by atoms with van der Waals surface area (Å²) < 4.78 is 3.96. The van der Waals surface area contributed by atoms with E-state index in [0.717, 1.165) is 29.6 Å². The Balaban J connectivity index is 1.34. The normalized spacial score (nSPS) is 13.7. The van der Waals surface area contributed by atoms with Crippen molar-refractivity contribution >= 4 is 45.8 Å². The Morgan fingerprint density at radius 3 is 2.61 bits per heavy atom. The fraction of sp³-hybridized carbons (Fsp3) is 0.269. The minimum Gasteiger partial charge on any atom is -0.364 e. The summed E-state index contributed by atoms with van der Waals surface area (Å²) in [5.41, 5.74) is 4.44. The number of amides is 1. The summed E-state index contributed by atoms with van der Waals surface area (Å²) in [6.07, 6.45) is 3.32. The van der Waals surface area contributed by atoms with Gasteiger partial charge in [0.1, 0.15) is 0 Å². The summed E-state index contributed by atoms with van der Waals surface area (Å²) in [7, 11) is 1.96. The summed E-state index contributed by atoms with van der Waals surface area (Å²) in [5.74, 6) is 1.93. The highest BCUT2D eigenvalue weighted by Gasteiger charge is 2.21. The number of para-hydroxylation sites is 2. The molecule has 1 aliphatic rings. The van der Waals surface area contributed by atoms with Gasteiger partial charge in [-0.2, -0.15) is 9.97 Å². The van der Waals surface area contributed by atoms with E-state index in [1.165, 1.54) is 0 Å². The molecule has 10 heteroatoms. The lowest BCUT2D eigenvalue weighted by Crippen LogP contribution is -2.28. The van der Waals surface area contributed by atoms with Crippen LogP contribution in [-0.2, 0) is 24.9 Å². The minimum atomic E-state index is 0.212. The van der Waals surface area contributed by atoms with Gasteiger partial charge in [0.15, 0.2) is 17.0 Å². The van der Waals surface area contributed by atoms with Crippen molar-refractivity contribution in [1.82, 2.24) is 34.0 Å². The molecule has 36 heavy (non-hydrogen) atoms. The molecule has 4 heterocycles. The maximum absolute atomic E-state index is 12.1. The van der Waals surface area contributed by atoms with Gasteiger partial charge in [-0.15, -0.1) is 0 Å². The van der Waals surface area contributed by atoms with Crippen LogP contribution < -0.4 is 10.6 Å². The highest BCUT2D eigenvalue weighted by molar-refractivity contribution is 5.85. The first-order valence-electron chi connectivity index (χ1n) is 12.1. The number of imidazole rings is 2. The highest BCUT2D eigenvalue weighted by atomic mass is 16.2. The molecule has 2 N–H and O–H groups in total. The lowest BCUT2D eigenvalue weighted by atomic mass is 10.2. The topological polar surface area (TPSA) is 106 Å². The fourth-order valence-corrected chi connectivity index (χ4v) is 4.59. The lowest BCUT2D eigenvalue weighted by molar-refractivity contribution is -0.127. The number of likely N-dealkylation sites (tertiary alicyclic amines) is 1. The van der Waals surface area contributed by atoms with Crippen LogP contribution in [0.5, 0.6) is 0 Å². The Kier molecular flexibility index (Phi) is 5.68. The number of fused-ring (bicyclic) bond motifs is 2. The zero-order chi connectivity index (χ0) is 24.5. The number of benzene rings is 2. The number of nitrogens with zero attached hydrogens (tertiary/aromatic N) is 7. The molecule has 0 aliphatic carbocycles. The van der Waals surface area contributed by atoms with E-state index in [1.807, 2.05) is 63.5 Å². The fourth-order valence-electron chi connectivity index (χ4n) is 4.59. The molecular weight excluding hydrogens is 454 g/mol. The predicted octanol–water partition coefficient (Wildman–Crippen LogP) is 3.69. The maximum atomic E-state index is 12.1. The van der Waals surface area contributed by atoms with E-state index < -0.39 is 0 Å². The van der Waals surface area contributed by atoms with Crippen molar-refractivity contribution in [2.45, 2.75) is 25.9 Å². The summed E-state index contributed by atoms with van der Waals surface area (Å²) in [5, 5.41) is 6.73. The van der Waals surface area contributed by atoms with E-state index in [1.54, 1.807) is 6.33 Å². The van der Waals surface area contributed by atoms with Crippen molar-refractivity contribution < 1.29 is 4.79 Å². The van der Waals surface area contributed by atoms with Gasteiger partial charge in [-0.1, -0.05) is 42.5 Å². The number of hydrogen-bond donors (Lipinski definition) is 2. The summed E-state index contributed by atoms with van der Waals surface area (Å²) >= 11 is 0. The van der Waals surface area contributed by atoms with Crippen LogP contribution in [-0.4, -0.2) is 53.0 Å². The second-order valence-electron chi connectivity index (χ2n) is 8.94. The van der Waals surface area contributed by atoms with Crippen molar-refractivity contribution in [2.75, 3.05) is 23.7 Å². The average Bonchev–Trinajstić information content (AvgIpc) is 3.59. The van der Waals surface area contributed by atoms with Gasteiger partial charge in [0.2, 0.25) is 17.8 Å². The number of aromatic nitrogens is 6. The third kappa shape index (κ3) is 4.21. The molecule has 0 spiro atoms. The van der Waals surface area contributed by atoms with Crippen LogP contribution in [0, 0.1) is 0 Å². The molecule has 0 atom stereocenters. The Hall–Kier alpha value is -4.47. The van der Waals surface area contributed by atoms with Gasteiger partial charge >= 0.3 is 0 Å². The van der Waals surface area contributed by atoms with Crippen molar-refractivity contribution in [1.29, 1.82) is 0 Å². The molecule has 1 aliphatic heterocycles. The van der Waals surface area contributed by atoms with Crippen molar-refractivity contribution in [3.8, 4) is 0 Å². The van der Waals surface area contributed by atoms with E-state index in [0.29, 0.717) is 54.9 Å². The van der Waals surface area contributed by atoms with Crippen molar-refractivity contribution in [3.05, 3.63) is 66.5 Å². The van der Waals surface area contributed by atoms with Crippen LogP contribution >= 0.6 is 0 Å². The van der Waals surface area contributed by atoms with E-state index in [-0.39, 0.29) is 5.91 Å². The quantitative estimate of drug-likeness (QED) is 0.348. The third-order valence-electron chi connectivity index (χ3n) is 6.56. The zero-order valence-corrected chi connectivity index (χ0v) is 20.1. The van der Waals surface area contributed by atoms with Gasteiger partial charge in [0, 0.05) is 39.6 Å². The van der Waals surface area contributed by atoms with E-state index in [2.05, 4.69) is 27.8 Å². The zero-order valence-electron chi connectivity index (χ0n) is 20.1. The number of hydrogen-bond acceptors (Lipinski definition) is 7. The van der Waals surface area contributed by atoms with Gasteiger partial charge in [-0.05, 0) is 24.1 Å². The van der Waals surface area contributed by atoms with Gasteiger partial charge in [0.25, 0.3) is 0 Å². The van der Waals surface area contributed by atoms with Gasteiger partial charge in [-0.25, -0.2) is 9.97 Å². The molecule has 10 nitrogen and oxygen atoms in total. The molecule has 0 radical (unpaired) electrons. The smallest absolute Gasteiger partial charge is 0.233 e. The van der Waals surface area contributed by atoms with Crippen LogP contribution in [0.3, 0.4) is 0 Å². The van der Waals surface area contributed by atoms with Gasteiger partial charge in [0.05, 0.1) is 17.4 Å². The molecule has 3 aromatic heterocycles. The molecule has 0 saturated carbocycles. The largest absolute Gasteiger partial charge is 0.364 e. The second-order valence-corrected chi connectivity index (χ2v) is 8.94. The number of carbonyl (C=O) groups is 1. The first-order chi connectivity index (χ1) is 17.7. The van der Waals surface area contributed by atoms with E-state index in [9.17, 15) is 4.79 Å². The highest BCUT2D eigenvalue weighted by Crippen LogP contribution is 2.25. The molecule has 6 rings (SSSR count). The first kappa shape index (κ1) is 22.0. The number of carbonyl (C=O) groups excluding carboxylic acids is 1. The van der Waals surface area contributed by atoms with Crippen LogP contribution in [0.15, 0.2) is 60.9 Å². The number of aryl methyl sites for hydroxylation is 1. The predicted molar refractivity (Wildman–Crippen MR) is 139 cm³/mol. The van der Waals surface area contributed by atoms with Gasteiger partial charge in [-0.3, -0.25) is 10.1 Å². The molecule has 0 unspecified atom stereocenters. The van der Waals surface area contributed by atoms with Crippen LogP contribution in [0.2, 0.25) is 0 Å². The third-order valence-corrected chi connectivity index (χ3v) is 6.56. The molecule has 182 valence electrons. The van der Waals surface area contributed by atoms with Crippen LogP contribution in [0.1, 0.15) is 18.4 Å². The molecule has 2 aromatic carbocycles. The summed E-state index contributed by atoms with van der Waals surface area (Å²) in [4.78, 5) is 32.9. The Morgan fingerprint density at radius 2 is 1.81 bits per heavy atom. The van der Waals surface area contributed by atoms with E-state index in [4.69, 9.17) is 15.0 Å². The maximum Gasteiger partial charge on any atom is 0.233 e. The first-order valence-corrected chi connectivity index (χ1v) is 12.1. The van der Waals surface area contributed by atoms with E-state index >= 15 is 0 Å². The van der Waals surface area contributed by atoms with Crippen molar-refractivity contribution in [3.63, 3.8) is 0 Å². The van der Waals surface area contributed by atoms with Crippen LogP contribution in [0.4, 0.5) is 17.7 Å².